The second-order valence-electron chi connectivity index (χ2n) is 15.3. The molecule has 2 heterocycles. The molecule has 5 N–H and O–H groups in total. The van der Waals surface area contributed by atoms with Crippen LogP contribution in [0.25, 0.3) is 11.1 Å². The normalized spacial score (nSPS) is 20.5. The molecule has 1 fully saturated rings. The van der Waals surface area contributed by atoms with E-state index in [1.54, 1.807) is 0 Å². The standard InChI is InChI=1S/C41H52ClF2N5O7/c1-24-31-30(21-29(43)34(42)33(31)32-28(36(45)50)22-48-38(35(32)44)54-20-19-53-5)55-41(24,26-11-7-6-8-12-26)23-49-27-15-13-25(14-16-27)37(51)46-17-9-10-18-47-39(52)56-40(2,3)4/h6-8,11-12,21-22,24-25,27,49H,9-10,13-20,23H2,1-5H3,(H2,45,50)(H,46,51)(H,47,52)/t24-,25?,27?,41-/m0/s1. The van der Waals surface area contributed by atoms with Gasteiger partial charge in [-0.1, -0.05) is 48.9 Å². The van der Waals surface area contributed by atoms with E-state index in [1.807, 2.05) is 58.0 Å². The molecule has 0 spiro atoms. The Morgan fingerprint density at radius 1 is 1.02 bits per heavy atom. The molecule has 3 aromatic rings. The van der Waals surface area contributed by atoms with Gasteiger partial charge in [0.2, 0.25) is 5.91 Å². The molecule has 1 aromatic heterocycles. The Morgan fingerprint density at radius 3 is 2.34 bits per heavy atom. The minimum atomic E-state index is -1.10. The summed E-state index contributed by atoms with van der Waals surface area (Å²) in [5, 5.41) is 9.03. The summed E-state index contributed by atoms with van der Waals surface area (Å²) in [5.41, 5.74) is 4.54. The predicted molar refractivity (Wildman–Crippen MR) is 208 cm³/mol. The zero-order chi connectivity index (χ0) is 40.6. The van der Waals surface area contributed by atoms with Crippen LogP contribution in [0.3, 0.4) is 0 Å². The summed E-state index contributed by atoms with van der Waals surface area (Å²) < 4.78 is 54.6. The fraction of sp³-hybridized carbons (Fsp3) is 0.512. The zero-order valence-electron chi connectivity index (χ0n) is 32.6. The van der Waals surface area contributed by atoms with E-state index in [-0.39, 0.29) is 60.1 Å². The van der Waals surface area contributed by atoms with Crippen molar-refractivity contribution in [2.24, 2.45) is 11.7 Å². The number of nitrogens with one attached hydrogen (secondary N) is 3. The highest BCUT2D eigenvalue weighted by Crippen LogP contribution is 2.56. The zero-order valence-corrected chi connectivity index (χ0v) is 33.3. The molecule has 0 unspecified atom stereocenters. The maximum atomic E-state index is 16.4. The molecular weight excluding hydrogens is 748 g/mol. The van der Waals surface area contributed by atoms with Gasteiger partial charge in [-0.15, -0.1) is 0 Å². The molecule has 2 aliphatic rings. The lowest BCUT2D eigenvalue weighted by atomic mass is 9.77. The highest BCUT2D eigenvalue weighted by molar-refractivity contribution is 6.34. The Hall–Kier alpha value is -4.53. The van der Waals surface area contributed by atoms with Gasteiger partial charge < -0.3 is 40.6 Å². The maximum absolute atomic E-state index is 16.4. The van der Waals surface area contributed by atoms with Crippen LogP contribution in [0, 0.1) is 17.6 Å². The Kier molecular flexibility index (Phi) is 14.2. The van der Waals surface area contributed by atoms with E-state index in [0.717, 1.165) is 31.0 Å². The Labute approximate surface area is 331 Å². The average molecular weight is 800 g/mol. The number of benzene rings is 2. The number of nitrogens with zero attached hydrogens (tertiary/aromatic N) is 1. The van der Waals surface area contributed by atoms with Gasteiger partial charge >= 0.3 is 6.09 Å². The molecule has 12 nitrogen and oxygen atoms in total. The lowest BCUT2D eigenvalue weighted by Crippen LogP contribution is -2.48. The van der Waals surface area contributed by atoms with Crippen LogP contribution < -0.4 is 31.2 Å². The molecule has 15 heteroatoms. The van der Waals surface area contributed by atoms with E-state index in [1.165, 1.54) is 13.2 Å². The van der Waals surface area contributed by atoms with E-state index in [4.69, 9.17) is 36.3 Å². The summed E-state index contributed by atoms with van der Waals surface area (Å²) in [7, 11) is 1.46. The number of alkyl carbamates (subject to hydrolysis) is 1. The van der Waals surface area contributed by atoms with Crippen LogP contribution in [-0.4, -0.2) is 74.5 Å². The molecule has 0 saturated heterocycles. The van der Waals surface area contributed by atoms with Crippen molar-refractivity contribution in [2.45, 2.75) is 89.4 Å². The van der Waals surface area contributed by atoms with Gasteiger partial charge in [-0.3, -0.25) is 9.59 Å². The number of hydrogen-bond donors (Lipinski definition) is 4. The largest absolute Gasteiger partial charge is 0.480 e. The van der Waals surface area contributed by atoms with Crippen molar-refractivity contribution in [3.63, 3.8) is 0 Å². The number of carbonyl (C=O) groups is 3. The first-order valence-electron chi connectivity index (χ1n) is 19.0. The smallest absolute Gasteiger partial charge is 0.407 e. The predicted octanol–water partition coefficient (Wildman–Crippen LogP) is 6.77. The molecule has 0 bridgehead atoms. The molecule has 1 saturated carbocycles. The monoisotopic (exact) mass is 799 g/mol. The molecule has 304 valence electrons. The molecule has 1 aliphatic heterocycles. The molecule has 0 radical (unpaired) electrons. The molecule has 3 amide bonds. The van der Waals surface area contributed by atoms with Crippen molar-refractivity contribution >= 4 is 29.5 Å². The van der Waals surface area contributed by atoms with Gasteiger partial charge in [-0.05, 0) is 64.9 Å². The van der Waals surface area contributed by atoms with Crippen LogP contribution in [0.1, 0.15) is 93.6 Å². The van der Waals surface area contributed by atoms with Crippen LogP contribution in [0.2, 0.25) is 5.02 Å². The van der Waals surface area contributed by atoms with Gasteiger partial charge in [0.25, 0.3) is 11.8 Å². The SMILES string of the molecule is COCCOc1ncc(C(N)=O)c(-c2c(Cl)c(F)cc3c2[C@H](C)[C@@](CNC2CCC(C(=O)NCCCCNC(=O)OC(C)(C)C)CC2)(c2ccccc2)O3)c1F. The van der Waals surface area contributed by atoms with E-state index >= 15 is 8.78 Å². The third-order valence-corrected chi connectivity index (χ3v) is 10.6. The lowest BCUT2D eigenvalue weighted by Gasteiger charge is -2.37. The number of methoxy groups -OCH3 is 1. The fourth-order valence-corrected chi connectivity index (χ4v) is 7.65. The van der Waals surface area contributed by atoms with Crippen molar-refractivity contribution in [3.8, 4) is 22.8 Å². The number of rotatable bonds is 16. The average Bonchev–Trinajstić information content (AvgIpc) is 3.44. The third kappa shape index (κ3) is 9.88. The second-order valence-corrected chi connectivity index (χ2v) is 15.6. The van der Waals surface area contributed by atoms with E-state index in [9.17, 15) is 14.4 Å². The maximum Gasteiger partial charge on any atom is 0.407 e. The topological polar surface area (TPSA) is 163 Å². The molecule has 1 aliphatic carbocycles. The lowest BCUT2D eigenvalue weighted by molar-refractivity contribution is -0.126. The summed E-state index contributed by atoms with van der Waals surface area (Å²) >= 11 is 6.67. The van der Waals surface area contributed by atoms with Crippen molar-refractivity contribution in [2.75, 3.05) is 40.0 Å². The quantitative estimate of drug-likeness (QED) is 0.115. The number of aromatic nitrogens is 1. The van der Waals surface area contributed by atoms with E-state index in [2.05, 4.69) is 20.9 Å². The van der Waals surface area contributed by atoms with Crippen molar-refractivity contribution < 1.29 is 42.1 Å². The van der Waals surface area contributed by atoms with Gasteiger partial charge in [0.05, 0.1) is 17.2 Å². The summed E-state index contributed by atoms with van der Waals surface area (Å²) in [4.78, 5) is 41.5. The number of nitrogens with two attached hydrogens (primary N) is 1. The Balaban J connectivity index is 1.30. The Bertz CT molecular complexity index is 1870. The fourth-order valence-electron chi connectivity index (χ4n) is 7.40. The summed E-state index contributed by atoms with van der Waals surface area (Å²) in [6.07, 6.45) is 4.92. The number of carbonyl (C=O) groups excluding carboxylic acids is 3. The number of amides is 3. The number of halogens is 3. The van der Waals surface area contributed by atoms with Crippen LogP contribution in [0.15, 0.2) is 42.6 Å². The number of pyridine rings is 1. The van der Waals surface area contributed by atoms with Crippen molar-refractivity contribution in [1.29, 1.82) is 0 Å². The first kappa shape index (κ1) is 42.6. The first-order chi connectivity index (χ1) is 26.7. The second kappa shape index (κ2) is 18.6. The molecule has 2 aromatic carbocycles. The summed E-state index contributed by atoms with van der Waals surface area (Å²) in [6.45, 7) is 8.70. The minimum absolute atomic E-state index is 0.0184. The molecular formula is C41H52ClF2N5O7. The van der Waals surface area contributed by atoms with Gasteiger partial charge in [0, 0.05) is 73.6 Å². The minimum Gasteiger partial charge on any atom is -0.480 e. The highest BCUT2D eigenvalue weighted by Gasteiger charge is 2.50. The summed E-state index contributed by atoms with van der Waals surface area (Å²) in [5.74, 6) is -3.79. The van der Waals surface area contributed by atoms with Gasteiger partial charge in [0.1, 0.15) is 23.8 Å². The number of fused-ring (bicyclic) bond motifs is 1. The van der Waals surface area contributed by atoms with Crippen molar-refractivity contribution in [1.82, 2.24) is 20.9 Å². The van der Waals surface area contributed by atoms with E-state index < -0.39 is 51.7 Å². The molecule has 5 rings (SSSR count). The van der Waals surface area contributed by atoms with Crippen molar-refractivity contribution in [3.05, 3.63) is 75.9 Å². The van der Waals surface area contributed by atoms with Gasteiger partial charge in [-0.2, -0.15) is 0 Å². The highest BCUT2D eigenvalue weighted by atomic mass is 35.5. The van der Waals surface area contributed by atoms with E-state index in [0.29, 0.717) is 37.9 Å². The molecule has 56 heavy (non-hydrogen) atoms. The third-order valence-electron chi connectivity index (χ3n) is 10.3. The van der Waals surface area contributed by atoms with Gasteiger partial charge in [0.15, 0.2) is 11.4 Å². The number of primary amides is 1. The number of unbranched alkanes of at least 4 members (excludes halogenated alkanes) is 1. The van der Waals surface area contributed by atoms with Crippen LogP contribution in [0.5, 0.6) is 11.6 Å². The van der Waals surface area contributed by atoms with Crippen LogP contribution in [0.4, 0.5) is 13.6 Å². The first-order valence-corrected chi connectivity index (χ1v) is 19.4. The molecule has 2 atom stereocenters. The summed E-state index contributed by atoms with van der Waals surface area (Å²) in [6, 6.07) is 10.7. The van der Waals surface area contributed by atoms with Gasteiger partial charge in [-0.25, -0.2) is 18.6 Å². The Morgan fingerprint density at radius 2 is 1.70 bits per heavy atom. The van der Waals surface area contributed by atoms with Crippen LogP contribution in [-0.2, 0) is 19.9 Å². The number of hydrogen-bond acceptors (Lipinski definition) is 9. The number of ether oxygens (including phenoxy) is 4. The van der Waals surface area contributed by atoms with Crippen LogP contribution >= 0.6 is 11.6 Å².